The summed E-state index contributed by atoms with van der Waals surface area (Å²) in [6.45, 7) is 2.17. The van der Waals surface area contributed by atoms with Gasteiger partial charge < -0.3 is 15.5 Å². The number of nitrogens with zero attached hydrogens (tertiary/aromatic N) is 4. The maximum Gasteiger partial charge on any atom is 0.257 e. The zero-order valence-corrected chi connectivity index (χ0v) is 19.5. The molecule has 2 aromatic heterocycles. The number of pyridine rings is 1. The third kappa shape index (κ3) is 5.95. The van der Waals surface area contributed by atoms with E-state index in [0.717, 1.165) is 54.3 Å². The van der Waals surface area contributed by atoms with E-state index < -0.39 is 0 Å². The molecule has 0 spiro atoms. The molecule has 10 heteroatoms. The van der Waals surface area contributed by atoms with Crippen LogP contribution in [0.5, 0.6) is 0 Å². The first-order valence-electron chi connectivity index (χ1n) is 11.0. The first-order chi connectivity index (χ1) is 16.6. The number of hydrogen-bond acceptors (Lipinski definition) is 8. The number of amides is 1. The highest BCUT2D eigenvalue weighted by molar-refractivity contribution is 8.16. The number of fused-ring (bicyclic) bond motifs is 1. The lowest BCUT2D eigenvalue weighted by Crippen LogP contribution is -2.46. The lowest BCUT2D eigenvalue weighted by molar-refractivity contribution is -0.116. The molecule has 0 bridgehead atoms. The highest BCUT2D eigenvalue weighted by Gasteiger charge is 2.22. The van der Waals surface area contributed by atoms with Crippen LogP contribution in [0.1, 0.15) is 24.2 Å². The molecule has 1 aromatic carbocycles. The normalized spacial score (nSPS) is 16.5. The molecule has 1 aliphatic rings. The number of halogens is 1. The van der Waals surface area contributed by atoms with Crippen molar-refractivity contribution in [1.29, 1.82) is 0 Å². The number of benzene rings is 1. The van der Waals surface area contributed by atoms with Gasteiger partial charge in [0.2, 0.25) is 5.95 Å². The quantitative estimate of drug-likeness (QED) is 0.375. The van der Waals surface area contributed by atoms with Crippen LogP contribution in [0.25, 0.3) is 17.0 Å². The molecule has 8 nitrogen and oxygen atoms in total. The van der Waals surface area contributed by atoms with Crippen LogP contribution < -0.4 is 15.5 Å². The van der Waals surface area contributed by atoms with E-state index in [0.29, 0.717) is 23.8 Å². The summed E-state index contributed by atoms with van der Waals surface area (Å²) in [6, 6.07) is 10.3. The van der Waals surface area contributed by atoms with Crippen molar-refractivity contribution in [2.75, 3.05) is 25.0 Å². The SMILES string of the molecule is CNC(=O)/C(=C/c1ccnc(N2CCCC(NCc3ccc4cc(F)ccc4n3)C2)n1)SC=O. The number of hydrogen-bond donors (Lipinski definition) is 2. The molecule has 1 aliphatic heterocycles. The Morgan fingerprint density at radius 2 is 2.15 bits per heavy atom. The molecule has 1 atom stereocenters. The van der Waals surface area contributed by atoms with Gasteiger partial charge in [-0.1, -0.05) is 6.07 Å². The maximum atomic E-state index is 13.4. The van der Waals surface area contributed by atoms with Gasteiger partial charge in [-0.2, -0.15) is 0 Å². The predicted molar refractivity (Wildman–Crippen MR) is 132 cm³/mol. The Balaban J connectivity index is 1.41. The summed E-state index contributed by atoms with van der Waals surface area (Å²) in [5.41, 5.74) is 2.85. The van der Waals surface area contributed by atoms with Gasteiger partial charge in [0.15, 0.2) is 5.62 Å². The molecule has 1 unspecified atom stereocenters. The van der Waals surface area contributed by atoms with E-state index in [4.69, 9.17) is 0 Å². The Labute approximate surface area is 201 Å². The molecule has 3 heterocycles. The van der Waals surface area contributed by atoms with Gasteiger partial charge in [-0.3, -0.25) is 14.6 Å². The van der Waals surface area contributed by atoms with Crippen LogP contribution in [0.3, 0.4) is 0 Å². The fraction of sp³-hybridized carbons (Fsp3) is 0.292. The molecule has 0 saturated carbocycles. The number of nitrogens with one attached hydrogen (secondary N) is 2. The van der Waals surface area contributed by atoms with E-state index in [1.54, 1.807) is 24.4 Å². The monoisotopic (exact) mass is 480 g/mol. The summed E-state index contributed by atoms with van der Waals surface area (Å²) in [7, 11) is 1.51. The van der Waals surface area contributed by atoms with Crippen LogP contribution in [0.4, 0.5) is 10.3 Å². The Bertz CT molecular complexity index is 1220. The van der Waals surface area contributed by atoms with Gasteiger partial charge in [0.1, 0.15) is 5.82 Å². The first kappa shape index (κ1) is 23.8. The van der Waals surface area contributed by atoms with Gasteiger partial charge in [-0.25, -0.2) is 14.4 Å². The third-order valence-corrected chi connectivity index (χ3v) is 6.21. The van der Waals surface area contributed by atoms with Gasteiger partial charge in [0, 0.05) is 44.3 Å². The number of rotatable bonds is 8. The van der Waals surface area contributed by atoms with Crippen LogP contribution in [0.15, 0.2) is 47.5 Å². The second-order valence-electron chi connectivity index (χ2n) is 7.89. The van der Waals surface area contributed by atoms with E-state index in [9.17, 15) is 14.0 Å². The zero-order valence-electron chi connectivity index (χ0n) is 18.7. The largest absolute Gasteiger partial charge is 0.355 e. The minimum Gasteiger partial charge on any atom is -0.355 e. The van der Waals surface area contributed by atoms with Gasteiger partial charge >= 0.3 is 0 Å². The topological polar surface area (TPSA) is 100 Å². The molecule has 4 rings (SSSR count). The molecule has 3 aromatic rings. The number of aromatic nitrogens is 3. The molecule has 1 amide bonds. The Morgan fingerprint density at radius 3 is 2.97 bits per heavy atom. The molecular formula is C24H25FN6O2S. The predicted octanol–water partition coefficient (Wildman–Crippen LogP) is 2.93. The Kier molecular flexibility index (Phi) is 7.81. The van der Waals surface area contributed by atoms with Crippen molar-refractivity contribution >= 4 is 46.2 Å². The Hall–Kier alpha value is -3.37. The molecule has 0 radical (unpaired) electrons. The van der Waals surface area contributed by atoms with Crippen LogP contribution in [0.2, 0.25) is 0 Å². The van der Waals surface area contributed by atoms with Crippen molar-refractivity contribution in [2.24, 2.45) is 0 Å². The van der Waals surface area contributed by atoms with Gasteiger partial charge in [-0.15, -0.1) is 0 Å². The summed E-state index contributed by atoms with van der Waals surface area (Å²) in [6.07, 6.45) is 5.24. The fourth-order valence-corrected chi connectivity index (χ4v) is 4.37. The Morgan fingerprint density at radius 1 is 1.26 bits per heavy atom. The standard InChI is InChI=1S/C24H25FN6O2S/c1-26-23(33)22(34-15-32)12-18-8-9-27-24(30-18)31-10-2-3-20(14-31)28-13-19-6-4-16-11-17(25)5-7-21(16)29-19/h4-9,11-12,15,20,28H,2-3,10,13-14H2,1H3,(H,26,33)/b22-12-. The van der Waals surface area contributed by atoms with Crippen molar-refractivity contribution in [3.63, 3.8) is 0 Å². The highest BCUT2D eigenvalue weighted by atomic mass is 32.2. The van der Waals surface area contributed by atoms with Crippen molar-refractivity contribution in [3.8, 4) is 0 Å². The fourth-order valence-electron chi connectivity index (χ4n) is 3.87. The van der Waals surface area contributed by atoms with Gasteiger partial charge in [0.05, 0.1) is 21.8 Å². The molecule has 34 heavy (non-hydrogen) atoms. The van der Waals surface area contributed by atoms with E-state index in [1.165, 1.54) is 19.2 Å². The molecule has 2 N–H and O–H groups in total. The number of thioether (sulfide) groups is 1. The summed E-state index contributed by atoms with van der Waals surface area (Å²) >= 11 is 0.812. The van der Waals surface area contributed by atoms with E-state index in [2.05, 4.69) is 30.5 Å². The second-order valence-corrected chi connectivity index (χ2v) is 8.76. The number of carbonyl (C=O) groups is 2. The lowest BCUT2D eigenvalue weighted by Gasteiger charge is -2.33. The van der Waals surface area contributed by atoms with Crippen LogP contribution in [-0.2, 0) is 16.1 Å². The summed E-state index contributed by atoms with van der Waals surface area (Å²) < 4.78 is 13.4. The second kappa shape index (κ2) is 11.2. The minimum atomic E-state index is -0.341. The summed E-state index contributed by atoms with van der Waals surface area (Å²) in [4.78, 5) is 38.9. The molecule has 1 fully saturated rings. The van der Waals surface area contributed by atoms with Crippen LogP contribution in [0, 0.1) is 5.82 Å². The van der Waals surface area contributed by atoms with E-state index in [1.807, 2.05) is 12.1 Å². The van der Waals surface area contributed by atoms with Crippen LogP contribution in [-0.4, -0.2) is 52.7 Å². The van der Waals surface area contributed by atoms with Crippen molar-refractivity contribution in [1.82, 2.24) is 25.6 Å². The van der Waals surface area contributed by atoms with Crippen molar-refractivity contribution in [3.05, 3.63) is 64.7 Å². The average Bonchev–Trinajstić information content (AvgIpc) is 2.87. The lowest BCUT2D eigenvalue weighted by atomic mass is 10.1. The number of carbonyl (C=O) groups excluding carboxylic acids is 2. The van der Waals surface area contributed by atoms with Crippen LogP contribution >= 0.6 is 11.8 Å². The third-order valence-electron chi connectivity index (χ3n) is 5.55. The molecular weight excluding hydrogens is 455 g/mol. The molecule has 0 aliphatic carbocycles. The molecule has 176 valence electrons. The highest BCUT2D eigenvalue weighted by Crippen LogP contribution is 2.20. The van der Waals surface area contributed by atoms with Crippen molar-refractivity contribution < 1.29 is 14.0 Å². The van der Waals surface area contributed by atoms with Crippen molar-refractivity contribution in [2.45, 2.75) is 25.4 Å². The van der Waals surface area contributed by atoms with E-state index in [-0.39, 0.29) is 22.7 Å². The summed E-state index contributed by atoms with van der Waals surface area (Å²) in [5.74, 6) is -0.0259. The minimum absolute atomic E-state index is 0.231. The number of anilines is 1. The first-order valence-corrected chi connectivity index (χ1v) is 11.8. The van der Waals surface area contributed by atoms with E-state index >= 15 is 0 Å². The van der Waals surface area contributed by atoms with Gasteiger partial charge in [-0.05, 0) is 61.0 Å². The average molecular weight is 481 g/mol. The maximum absolute atomic E-state index is 13.4. The molecule has 1 saturated heterocycles. The number of piperidine rings is 1. The van der Waals surface area contributed by atoms with Gasteiger partial charge in [0.25, 0.3) is 5.91 Å². The summed E-state index contributed by atoms with van der Waals surface area (Å²) in [5, 5.41) is 6.86. The number of likely N-dealkylation sites (N-methyl/N-ethyl adjacent to an activating group) is 1. The smallest absolute Gasteiger partial charge is 0.257 e. The zero-order chi connectivity index (χ0) is 23.9.